The van der Waals surface area contributed by atoms with Crippen molar-refractivity contribution < 1.29 is 9.90 Å². The fraction of sp³-hybridized carbons (Fsp3) is 0.357. The molecule has 0 spiro atoms. The van der Waals surface area contributed by atoms with Crippen LogP contribution in [0.1, 0.15) is 21.7 Å². The lowest BCUT2D eigenvalue weighted by molar-refractivity contribution is 0.0535. The van der Waals surface area contributed by atoms with Gasteiger partial charge in [0.1, 0.15) is 0 Å². The molecule has 2 aromatic heterocycles. The fourth-order valence-electron chi connectivity index (χ4n) is 2.58. The summed E-state index contributed by atoms with van der Waals surface area (Å²) >= 11 is 0. The zero-order valence-electron chi connectivity index (χ0n) is 11.2. The van der Waals surface area contributed by atoms with Gasteiger partial charge in [0.2, 0.25) is 0 Å². The predicted molar refractivity (Wildman–Crippen MR) is 71.9 cm³/mol. The molecule has 1 N–H and O–H groups in total. The largest absolute Gasteiger partial charge is 0.394 e. The topological polar surface area (TPSA) is 71.2 Å². The molecular weight excluding hydrogens is 256 g/mol. The van der Waals surface area contributed by atoms with E-state index in [2.05, 4.69) is 9.97 Å². The average Bonchev–Trinajstić information content (AvgIpc) is 2.87. The first-order valence-electron chi connectivity index (χ1n) is 6.51. The smallest absolute Gasteiger partial charge is 0.256 e. The molecule has 104 valence electrons. The van der Waals surface area contributed by atoms with Gasteiger partial charge in [0.25, 0.3) is 5.91 Å². The van der Waals surface area contributed by atoms with Crippen LogP contribution in [0.15, 0.2) is 30.9 Å². The molecule has 0 radical (unpaired) electrons. The first kappa shape index (κ1) is 12.8. The minimum atomic E-state index is -0.217. The van der Waals surface area contributed by atoms with Crippen molar-refractivity contribution in [3.05, 3.63) is 47.8 Å². The van der Waals surface area contributed by atoms with Crippen molar-refractivity contribution in [2.45, 2.75) is 19.0 Å². The van der Waals surface area contributed by atoms with E-state index in [0.29, 0.717) is 18.5 Å². The van der Waals surface area contributed by atoms with Gasteiger partial charge < -0.3 is 14.6 Å². The Hall–Kier alpha value is -2.21. The number of nitrogens with zero attached hydrogens (tertiary/aromatic N) is 4. The third-order valence-corrected chi connectivity index (χ3v) is 3.72. The fourth-order valence-corrected chi connectivity index (χ4v) is 2.58. The number of amides is 1. The minimum absolute atomic E-state index is 0.0589. The van der Waals surface area contributed by atoms with Crippen molar-refractivity contribution in [2.75, 3.05) is 6.61 Å². The number of aryl methyl sites for hydroxylation is 1. The van der Waals surface area contributed by atoms with E-state index in [0.717, 1.165) is 11.4 Å². The first-order valence-corrected chi connectivity index (χ1v) is 6.51. The van der Waals surface area contributed by atoms with Gasteiger partial charge >= 0.3 is 0 Å². The van der Waals surface area contributed by atoms with E-state index >= 15 is 0 Å². The molecule has 0 fully saturated rings. The molecule has 0 bridgehead atoms. The Morgan fingerprint density at radius 1 is 1.55 bits per heavy atom. The molecule has 1 unspecified atom stereocenters. The van der Waals surface area contributed by atoms with Crippen LogP contribution in [0.25, 0.3) is 0 Å². The molecule has 6 nitrogen and oxygen atoms in total. The van der Waals surface area contributed by atoms with Crippen LogP contribution in [-0.4, -0.2) is 43.1 Å². The van der Waals surface area contributed by atoms with Gasteiger partial charge in [-0.3, -0.25) is 9.78 Å². The average molecular weight is 272 g/mol. The summed E-state index contributed by atoms with van der Waals surface area (Å²) in [6.45, 7) is 0.367. The molecule has 1 aliphatic rings. The Morgan fingerprint density at radius 3 is 3.10 bits per heavy atom. The van der Waals surface area contributed by atoms with Crippen LogP contribution in [0.2, 0.25) is 0 Å². The number of fused-ring (bicyclic) bond motifs is 1. The van der Waals surface area contributed by atoms with Crippen molar-refractivity contribution in [2.24, 2.45) is 7.05 Å². The highest BCUT2D eigenvalue weighted by Crippen LogP contribution is 2.23. The third-order valence-electron chi connectivity index (χ3n) is 3.72. The van der Waals surface area contributed by atoms with Crippen LogP contribution < -0.4 is 0 Å². The standard InChI is InChI=1S/C14H16N4O2/c1-17-9-16-12-7-18(11(8-19)5-13(12)17)14(20)10-3-2-4-15-6-10/h2-4,6,9,11,19H,5,7-8H2,1H3. The minimum Gasteiger partial charge on any atom is -0.394 e. The molecule has 20 heavy (non-hydrogen) atoms. The number of hydrogen-bond acceptors (Lipinski definition) is 4. The number of hydrogen-bond donors (Lipinski definition) is 1. The van der Waals surface area contributed by atoms with E-state index in [1.54, 1.807) is 35.8 Å². The van der Waals surface area contributed by atoms with Crippen LogP contribution in [0.3, 0.4) is 0 Å². The highest BCUT2D eigenvalue weighted by atomic mass is 16.3. The number of aliphatic hydroxyl groups excluding tert-OH is 1. The van der Waals surface area contributed by atoms with Crippen LogP contribution >= 0.6 is 0 Å². The number of rotatable bonds is 2. The second-order valence-corrected chi connectivity index (χ2v) is 4.96. The summed E-state index contributed by atoms with van der Waals surface area (Å²) in [5, 5.41) is 9.57. The summed E-state index contributed by atoms with van der Waals surface area (Å²) < 4.78 is 1.95. The maximum absolute atomic E-state index is 12.5. The monoisotopic (exact) mass is 272 g/mol. The van der Waals surface area contributed by atoms with Gasteiger partial charge in [-0.05, 0) is 12.1 Å². The Bertz CT molecular complexity index is 623. The molecule has 0 aromatic carbocycles. The quantitative estimate of drug-likeness (QED) is 0.857. The number of carbonyl (C=O) groups is 1. The highest BCUT2D eigenvalue weighted by molar-refractivity contribution is 5.94. The first-order chi connectivity index (χ1) is 9.70. The lowest BCUT2D eigenvalue weighted by Crippen LogP contribution is -2.46. The summed E-state index contributed by atoms with van der Waals surface area (Å²) in [6.07, 6.45) is 5.55. The number of aromatic nitrogens is 3. The van der Waals surface area contributed by atoms with E-state index in [1.807, 2.05) is 11.6 Å². The number of imidazole rings is 1. The van der Waals surface area contributed by atoms with Crippen LogP contribution in [-0.2, 0) is 20.0 Å². The van der Waals surface area contributed by atoms with E-state index in [9.17, 15) is 9.90 Å². The molecule has 3 rings (SSSR count). The zero-order valence-corrected chi connectivity index (χ0v) is 11.2. The van der Waals surface area contributed by atoms with E-state index in [-0.39, 0.29) is 18.6 Å². The lowest BCUT2D eigenvalue weighted by atomic mass is 10.0. The molecule has 1 amide bonds. The van der Waals surface area contributed by atoms with E-state index < -0.39 is 0 Å². The van der Waals surface area contributed by atoms with Crippen LogP contribution in [0.5, 0.6) is 0 Å². The maximum atomic E-state index is 12.5. The summed E-state index contributed by atoms with van der Waals surface area (Å²) in [4.78, 5) is 22.5. The Balaban J connectivity index is 1.91. The summed E-state index contributed by atoms with van der Waals surface area (Å²) in [6, 6.07) is 3.25. The van der Waals surface area contributed by atoms with E-state index in [1.165, 1.54) is 0 Å². The number of aliphatic hydroxyl groups is 1. The molecule has 0 aliphatic carbocycles. The van der Waals surface area contributed by atoms with Gasteiger partial charge in [-0.2, -0.15) is 0 Å². The van der Waals surface area contributed by atoms with Crippen molar-refractivity contribution >= 4 is 5.91 Å². The Morgan fingerprint density at radius 2 is 2.40 bits per heavy atom. The summed E-state index contributed by atoms with van der Waals surface area (Å²) in [5.74, 6) is -0.117. The van der Waals surface area contributed by atoms with Gasteiger partial charge in [-0.15, -0.1) is 0 Å². The Labute approximate surface area is 116 Å². The van der Waals surface area contributed by atoms with Crippen LogP contribution in [0.4, 0.5) is 0 Å². The molecule has 0 saturated carbocycles. The maximum Gasteiger partial charge on any atom is 0.256 e. The second-order valence-electron chi connectivity index (χ2n) is 4.96. The van der Waals surface area contributed by atoms with Gasteiger partial charge in [-0.1, -0.05) is 0 Å². The molecule has 3 heterocycles. The SMILES string of the molecule is Cn1cnc2c1CC(CO)N(C(=O)c1cccnc1)C2. The van der Waals surface area contributed by atoms with Crippen LogP contribution in [0, 0.1) is 0 Å². The van der Waals surface area contributed by atoms with Crippen molar-refractivity contribution in [1.29, 1.82) is 0 Å². The molecule has 1 atom stereocenters. The molecular formula is C14H16N4O2. The van der Waals surface area contributed by atoms with Crippen molar-refractivity contribution in [1.82, 2.24) is 19.4 Å². The van der Waals surface area contributed by atoms with Gasteiger partial charge in [0.15, 0.2) is 0 Å². The second kappa shape index (κ2) is 5.05. The molecule has 2 aromatic rings. The normalized spacial score (nSPS) is 17.9. The summed E-state index contributed by atoms with van der Waals surface area (Å²) in [7, 11) is 1.93. The highest BCUT2D eigenvalue weighted by Gasteiger charge is 2.32. The van der Waals surface area contributed by atoms with E-state index in [4.69, 9.17) is 0 Å². The number of pyridine rings is 1. The zero-order chi connectivity index (χ0) is 14.1. The van der Waals surface area contributed by atoms with Gasteiger partial charge in [0.05, 0.1) is 36.8 Å². The number of carbonyl (C=O) groups excluding carboxylic acids is 1. The third kappa shape index (κ3) is 2.08. The van der Waals surface area contributed by atoms with Crippen molar-refractivity contribution in [3.8, 4) is 0 Å². The van der Waals surface area contributed by atoms with Gasteiger partial charge in [0, 0.05) is 31.6 Å². The molecule has 6 heteroatoms. The molecule has 0 saturated heterocycles. The Kier molecular flexibility index (Phi) is 3.23. The predicted octanol–water partition coefficient (Wildman–Crippen LogP) is 0.374. The van der Waals surface area contributed by atoms with Crippen molar-refractivity contribution in [3.63, 3.8) is 0 Å². The van der Waals surface area contributed by atoms with Gasteiger partial charge in [-0.25, -0.2) is 4.98 Å². The lowest BCUT2D eigenvalue weighted by Gasteiger charge is -2.34. The summed E-state index contributed by atoms with van der Waals surface area (Å²) in [5.41, 5.74) is 2.51. The molecule has 1 aliphatic heterocycles.